The lowest BCUT2D eigenvalue weighted by molar-refractivity contribution is -0.122. The van der Waals surface area contributed by atoms with Gasteiger partial charge in [0.2, 0.25) is 0 Å². The summed E-state index contributed by atoms with van der Waals surface area (Å²) in [7, 11) is 0. The van der Waals surface area contributed by atoms with Crippen LogP contribution in [0.2, 0.25) is 0 Å². The van der Waals surface area contributed by atoms with E-state index in [2.05, 4.69) is 5.32 Å². The maximum Gasteiger partial charge on any atom is 0.405 e. The zero-order chi connectivity index (χ0) is 15.5. The van der Waals surface area contributed by atoms with Gasteiger partial charge in [0, 0.05) is 18.1 Å². The molecule has 21 heavy (non-hydrogen) atoms. The quantitative estimate of drug-likeness (QED) is 0.840. The van der Waals surface area contributed by atoms with Crippen LogP contribution in [0.5, 0.6) is 0 Å². The van der Waals surface area contributed by atoms with Crippen LogP contribution < -0.4 is 10.6 Å². The number of amides is 2. The zero-order valence-corrected chi connectivity index (χ0v) is 10.6. The lowest BCUT2D eigenvalue weighted by Crippen LogP contribution is -2.36. The van der Waals surface area contributed by atoms with Crippen molar-refractivity contribution in [1.29, 1.82) is 0 Å². The van der Waals surface area contributed by atoms with Gasteiger partial charge in [-0.3, -0.25) is 0 Å². The summed E-state index contributed by atoms with van der Waals surface area (Å²) in [5, 5.41) is 3.94. The summed E-state index contributed by atoms with van der Waals surface area (Å²) in [4.78, 5) is 11.3. The summed E-state index contributed by atoms with van der Waals surface area (Å²) in [6.07, 6.45) is -1.46. The van der Waals surface area contributed by atoms with Gasteiger partial charge < -0.3 is 15.2 Å². The van der Waals surface area contributed by atoms with E-state index in [1.165, 1.54) is 35.0 Å². The number of benzene rings is 1. The number of carbonyl (C=O) groups excluding carboxylic acids is 1. The van der Waals surface area contributed by atoms with Crippen molar-refractivity contribution in [1.82, 2.24) is 9.88 Å². The second-order valence-corrected chi connectivity index (χ2v) is 4.21. The Balaban J connectivity index is 1.99. The summed E-state index contributed by atoms with van der Waals surface area (Å²) in [6, 6.07) is 6.26. The molecule has 0 saturated heterocycles. The Labute approximate surface area is 117 Å². The van der Waals surface area contributed by atoms with E-state index in [0.29, 0.717) is 11.4 Å². The molecule has 0 aliphatic heterocycles. The SMILES string of the molecule is O=C(NCC(F)(F)F)Nc1ccn(-c2cccc(F)c2)c1. The molecule has 8 heteroatoms. The normalized spacial score (nSPS) is 11.2. The van der Waals surface area contributed by atoms with Crippen molar-refractivity contribution in [3.8, 4) is 5.69 Å². The van der Waals surface area contributed by atoms with Gasteiger partial charge in [-0.05, 0) is 24.3 Å². The van der Waals surface area contributed by atoms with E-state index < -0.39 is 24.6 Å². The molecular weight excluding hydrogens is 290 g/mol. The molecule has 1 aromatic heterocycles. The number of halogens is 4. The lowest BCUT2D eigenvalue weighted by Gasteiger charge is -2.08. The van der Waals surface area contributed by atoms with Gasteiger partial charge in [-0.25, -0.2) is 9.18 Å². The maximum absolute atomic E-state index is 13.1. The average Bonchev–Trinajstić information content (AvgIpc) is 2.84. The Morgan fingerprint density at radius 2 is 2.00 bits per heavy atom. The second-order valence-electron chi connectivity index (χ2n) is 4.21. The first kappa shape index (κ1) is 14.9. The number of hydrogen-bond donors (Lipinski definition) is 2. The molecule has 0 radical (unpaired) electrons. The maximum atomic E-state index is 13.1. The van der Waals surface area contributed by atoms with Crippen LogP contribution in [0.4, 0.5) is 28.0 Å². The van der Waals surface area contributed by atoms with Crippen molar-refractivity contribution < 1.29 is 22.4 Å². The summed E-state index contributed by atoms with van der Waals surface area (Å²) in [6.45, 7) is -1.41. The first-order chi connectivity index (χ1) is 9.83. The number of nitrogens with zero attached hydrogens (tertiary/aromatic N) is 1. The number of carbonyl (C=O) groups is 1. The molecule has 0 atom stereocenters. The van der Waals surface area contributed by atoms with Gasteiger partial charge >= 0.3 is 12.2 Å². The van der Waals surface area contributed by atoms with Crippen LogP contribution >= 0.6 is 0 Å². The third-order valence-corrected chi connectivity index (χ3v) is 2.51. The molecule has 0 fully saturated rings. The molecule has 0 spiro atoms. The molecule has 112 valence electrons. The van der Waals surface area contributed by atoms with Crippen LogP contribution in [0.1, 0.15) is 0 Å². The van der Waals surface area contributed by atoms with Crippen LogP contribution in [-0.4, -0.2) is 23.3 Å². The molecule has 2 N–H and O–H groups in total. The Morgan fingerprint density at radius 3 is 2.67 bits per heavy atom. The fourth-order valence-electron chi connectivity index (χ4n) is 1.62. The number of rotatable bonds is 3. The van der Waals surface area contributed by atoms with E-state index in [1.807, 2.05) is 0 Å². The van der Waals surface area contributed by atoms with Crippen molar-refractivity contribution in [3.63, 3.8) is 0 Å². The highest BCUT2D eigenvalue weighted by atomic mass is 19.4. The van der Waals surface area contributed by atoms with Crippen molar-refractivity contribution in [2.75, 3.05) is 11.9 Å². The third kappa shape index (κ3) is 4.51. The van der Waals surface area contributed by atoms with Crippen LogP contribution in [0, 0.1) is 5.82 Å². The lowest BCUT2D eigenvalue weighted by atomic mass is 10.3. The molecule has 0 unspecified atom stereocenters. The summed E-state index contributed by atoms with van der Waals surface area (Å²) >= 11 is 0. The monoisotopic (exact) mass is 301 g/mol. The molecule has 4 nitrogen and oxygen atoms in total. The minimum atomic E-state index is -4.47. The van der Waals surface area contributed by atoms with E-state index in [0.717, 1.165) is 0 Å². The van der Waals surface area contributed by atoms with Crippen molar-refractivity contribution in [2.24, 2.45) is 0 Å². The van der Waals surface area contributed by atoms with Crippen LogP contribution in [0.15, 0.2) is 42.7 Å². The van der Waals surface area contributed by atoms with Crippen LogP contribution in [0.3, 0.4) is 0 Å². The highest BCUT2D eigenvalue weighted by Crippen LogP contribution is 2.16. The Kier molecular flexibility index (Phi) is 4.15. The molecule has 0 aliphatic rings. The van der Waals surface area contributed by atoms with Gasteiger partial charge in [0.05, 0.1) is 5.69 Å². The first-order valence-electron chi connectivity index (χ1n) is 5.89. The van der Waals surface area contributed by atoms with E-state index >= 15 is 0 Å². The second kappa shape index (κ2) is 5.86. The molecule has 2 aromatic rings. The standard InChI is InChI=1S/C13H11F4N3O/c14-9-2-1-3-11(6-9)20-5-4-10(7-20)19-12(21)18-8-13(15,16)17/h1-7H,8H2,(H2,18,19,21). The molecule has 1 aromatic carbocycles. The van der Waals surface area contributed by atoms with Gasteiger partial charge in [-0.2, -0.15) is 13.2 Å². The van der Waals surface area contributed by atoms with Crippen molar-refractivity contribution in [2.45, 2.75) is 6.18 Å². The molecule has 0 saturated carbocycles. The molecule has 2 rings (SSSR count). The van der Waals surface area contributed by atoms with Gasteiger partial charge in [-0.1, -0.05) is 6.07 Å². The van der Waals surface area contributed by atoms with Gasteiger partial charge in [0.1, 0.15) is 12.4 Å². The van der Waals surface area contributed by atoms with Crippen molar-refractivity contribution in [3.05, 3.63) is 48.5 Å². The number of aromatic nitrogens is 1. The minimum absolute atomic E-state index is 0.291. The van der Waals surface area contributed by atoms with Gasteiger partial charge in [0.15, 0.2) is 0 Å². The fraction of sp³-hybridized carbons (Fsp3) is 0.154. The molecular formula is C13H11F4N3O. The number of nitrogens with one attached hydrogen (secondary N) is 2. The highest BCUT2D eigenvalue weighted by Gasteiger charge is 2.27. The minimum Gasteiger partial charge on any atom is -0.329 e. The Morgan fingerprint density at radius 1 is 1.24 bits per heavy atom. The molecule has 2 amide bonds. The zero-order valence-electron chi connectivity index (χ0n) is 10.6. The number of hydrogen-bond acceptors (Lipinski definition) is 1. The van der Waals surface area contributed by atoms with Crippen molar-refractivity contribution >= 4 is 11.7 Å². The molecule has 0 bridgehead atoms. The fourth-order valence-corrected chi connectivity index (χ4v) is 1.62. The Bertz CT molecular complexity index is 636. The molecule has 1 heterocycles. The average molecular weight is 301 g/mol. The topological polar surface area (TPSA) is 46.1 Å². The van der Waals surface area contributed by atoms with E-state index in [1.54, 1.807) is 17.6 Å². The van der Waals surface area contributed by atoms with Gasteiger partial charge in [-0.15, -0.1) is 0 Å². The highest BCUT2D eigenvalue weighted by molar-refractivity contribution is 5.89. The predicted octanol–water partition coefficient (Wildman–Crippen LogP) is 3.30. The molecule has 0 aliphatic carbocycles. The first-order valence-corrected chi connectivity index (χ1v) is 5.89. The Hall–Kier alpha value is -2.51. The van der Waals surface area contributed by atoms with Crippen LogP contribution in [-0.2, 0) is 0 Å². The summed E-state index contributed by atoms with van der Waals surface area (Å²) in [5.74, 6) is -0.418. The van der Waals surface area contributed by atoms with Crippen LogP contribution in [0.25, 0.3) is 5.69 Å². The largest absolute Gasteiger partial charge is 0.405 e. The van der Waals surface area contributed by atoms with E-state index in [4.69, 9.17) is 0 Å². The van der Waals surface area contributed by atoms with Gasteiger partial charge in [0.25, 0.3) is 0 Å². The van der Waals surface area contributed by atoms with E-state index in [9.17, 15) is 22.4 Å². The predicted molar refractivity (Wildman–Crippen MR) is 68.8 cm³/mol. The summed E-state index contributed by atoms with van der Waals surface area (Å²) < 4.78 is 50.4. The van der Waals surface area contributed by atoms with E-state index in [-0.39, 0.29) is 0 Å². The third-order valence-electron chi connectivity index (χ3n) is 2.51. The summed E-state index contributed by atoms with van der Waals surface area (Å²) in [5.41, 5.74) is 0.817. The number of anilines is 1. The number of urea groups is 1. The smallest absolute Gasteiger partial charge is 0.329 e. The number of alkyl halides is 3.